The molecule has 4 nitrogen and oxygen atoms in total. The standard InChI is InChI=1S/C16H25O4P/c1-12-15(3,4)19-21(17-12,14-10-8-7-9-11-14)18-13(2)16(5,6)20-21/h7-13H,1-6H3. The number of hydrogen-bond acceptors (Lipinski definition) is 4. The molecule has 1 spiro atoms. The zero-order valence-electron chi connectivity index (χ0n) is 13.6. The van der Waals surface area contributed by atoms with Crippen LogP contribution in [0.15, 0.2) is 30.3 Å². The van der Waals surface area contributed by atoms with Crippen molar-refractivity contribution >= 4 is 12.8 Å². The maximum atomic E-state index is 6.45. The molecule has 2 aliphatic rings. The molecular formula is C16H25O4P. The van der Waals surface area contributed by atoms with E-state index >= 15 is 0 Å². The zero-order valence-corrected chi connectivity index (χ0v) is 14.5. The van der Waals surface area contributed by atoms with Crippen LogP contribution in [-0.2, 0) is 18.1 Å². The van der Waals surface area contributed by atoms with Crippen LogP contribution in [0.1, 0.15) is 41.5 Å². The van der Waals surface area contributed by atoms with Gasteiger partial charge in [-0.2, -0.15) is 0 Å². The van der Waals surface area contributed by atoms with Crippen molar-refractivity contribution in [3.63, 3.8) is 0 Å². The fourth-order valence-electron chi connectivity index (χ4n) is 2.79. The van der Waals surface area contributed by atoms with Gasteiger partial charge in [0.2, 0.25) is 0 Å². The molecule has 0 saturated carbocycles. The van der Waals surface area contributed by atoms with Crippen molar-refractivity contribution < 1.29 is 18.1 Å². The van der Waals surface area contributed by atoms with E-state index in [2.05, 4.69) is 0 Å². The number of benzene rings is 1. The van der Waals surface area contributed by atoms with Crippen LogP contribution in [0.3, 0.4) is 0 Å². The third kappa shape index (κ3) is 2.08. The predicted molar refractivity (Wildman–Crippen MR) is 84.4 cm³/mol. The van der Waals surface area contributed by atoms with E-state index in [4.69, 9.17) is 18.1 Å². The molecule has 0 aliphatic carbocycles. The Balaban J connectivity index is 2.20. The molecular weight excluding hydrogens is 287 g/mol. The molecule has 2 fully saturated rings. The van der Waals surface area contributed by atoms with Gasteiger partial charge in [0.05, 0.1) is 0 Å². The van der Waals surface area contributed by atoms with Gasteiger partial charge >= 0.3 is 126 Å². The van der Waals surface area contributed by atoms with Gasteiger partial charge in [-0.05, 0) is 0 Å². The van der Waals surface area contributed by atoms with Crippen molar-refractivity contribution in [2.24, 2.45) is 0 Å². The second-order valence-electron chi connectivity index (χ2n) is 7.03. The molecule has 0 N–H and O–H groups in total. The van der Waals surface area contributed by atoms with Crippen molar-refractivity contribution in [2.75, 3.05) is 0 Å². The summed E-state index contributed by atoms with van der Waals surface area (Å²) in [5.41, 5.74) is -0.929. The van der Waals surface area contributed by atoms with Crippen molar-refractivity contribution in [3.05, 3.63) is 30.3 Å². The Kier molecular flexibility index (Phi) is 3.13. The molecule has 118 valence electrons. The monoisotopic (exact) mass is 312 g/mol. The quantitative estimate of drug-likeness (QED) is 0.736. The number of hydrogen-bond donors (Lipinski definition) is 0. The van der Waals surface area contributed by atoms with Gasteiger partial charge in [-0.25, -0.2) is 0 Å². The molecule has 2 heterocycles. The first-order chi connectivity index (χ1) is 9.60. The van der Waals surface area contributed by atoms with Crippen LogP contribution < -0.4 is 5.30 Å². The van der Waals surface area contributed by atoms with Gasteiger partial charge < -0.3 is 0 Å². The van der Waals surface area contributed by atoms with Crippen LogP contribution in [-0.4, -0.2) is 23.4 Å². The molecule has 21 heavy (non-hydrogen) atoms. The SMILES string of the molecule is CC1OP2(c3ccccc3)(OC(C)C(C)(C)O2)OC1(C)C. The zero-order chi connectivity index (χ0) is 15.5. The van der Waals surface area contributed by atoms with E-state index in [0.29, 0.717) is 0 Å². The first-order valence-corrected chi connectivity index (χ1v) is 9.38. The molecule has 2 unspecified atom stereocenters. The maximum absolute atomic E-state index is 6.45. The molecule has 0 bridgehead atoms. The summed E-state index contributed by atoms with van der Waals surface area (Å²) >= 11 is 0. The molecule has 3 rings (SSSR count). The summed E-state index contributed by atoms with van der Waals surface area (Å²) in [5, 5.41) is 0.860. The average Bonchev–Trinajstić information content (AvgIpc) is 2.70. The van der Waals surface area contributed by atoms with Gasteiger partial charge in [0.1, 0.15) is 0 Å². The van der Waals surface area contributed by atoms with E-state index in [-0.39, 0.29) is 12.2 Å². The van der Waals surface area contributed by atoms with Gasteiger partial charge in [0.25, 0.3) is 0 Å². The van der Waals surface area contributed by atoms with Gasteiger partial charge in [0.15, 0.2) is 0 Å². The Morgan fingerprint density at radius 1 is 0.810 bits per heavy atom. The third-order valence-corrected chi connectivity index (χ3v) is 8.67. The van der Waals surface area contributed by atoms with E-state index in [9.17, 15) is 0 Å². The normalized spacial score (nSPS) is 37.1. The Morgan fingerprint density at radius 2 is 1.24 bits per heavy atom. The van der Waals surface area contributed by atoms with Crippen LogP contribution in [0.4, 0.5) is 0 Å². The fraction of sp³-hybridized carbons (Fsp3) is 0.625. The van der Waals surface area contributed by atoms with E-state index in [1.54, 1.807) is 0 Å². The Labute approximate surface area is 127 Å². The summed E-state index contributed by atoms with van der Waals surface area (Å²) in [7, 11) is -3.79. The van der Waals surface area contributed by atoms with Gasteiger partial charge in [-0.3, -0.25) is 0 Å². The van der Waals surface area contributed by atoms with Crippen LogP contribution in [0.2, 0.25) is 0 Å². The van der Waals surface area contributed by atoms with Gasteiger partial charge in [0, 0.05) is 0 Å². The first kappa shape index (κ1) is 15.4. The topological polar surface area (TPSA) is 36.9 Å². The number of rotatable bonds is 1. The molecule has 2 aliphatic heterocycles. The minimum absolute atomic E-state index is 0.114. The molecule has 0 radical (unpaired) electrons. The summed E-state index contributed by atoms with van der Waals surface area (Å²) in [6.07, 6.45) is -0.229. The average molecular weight is 312 g/mol. The van der Waals surface area contributed by atoms with Crippen LogP contribution in [0.25, 0.3) is 0 Å². The van der Waals surface area contributed by atoms with Crippen LogP contribution in [0, 0.1) is 0 Å². The summed E-state index contributed by atoms with van der Waals surface area (Å²) in [6.45, 7) is 12.1. The predicted octanol–water partition coefficient (Wildman–Crippen LogP) is 3.95. The molecule has 0 aromatic heterocycles. The first-order valence-electron chi connectivity index (χ1n) is 7.48. The second kappa shape index (κ2) is 4.27. The van der Waals surface area contributed by atoms with Crippen molar-refractivity contribution in [1.82, 2.24) is 0 Å². The third-order valence-electron chi connectivity index (χ3n) is 4.60. The van der Waals surface area contributed by atoms with Crippen molar-refractivity contribution in [2.45, 2.75) is 65.0 Å². The van der Waals surface area contributed by atoms with Gasteiger partial charge in [-0.1, -0.05) is 0 Å². The molecule has 1 aromatic rings. The van der Waals surface area contributed by atoms with Gasteiger partial charge in [-0.15, -0.1) is 0 Å². The molecule has 5 heteroatoms. The minimum atomic E-state index is -3.79. The molecule has 1 aromatic carbocycles. The fourth-order valence-corrected chi connectivity index (χ4v) is 7.68. The Hall–Kier alpha value is -0.510. The summed E-state index contributed by atoms with van der Waals surface area (Å²) in [4.78, 5) is 0. The summed E-state index contributed by atoms with van der Waals surface area (Å²) in [5.74, 6) is 0. The van der Waals surface area contributed by atoms with E-state index in [1.165, 1.54) is 0 Å². The summed E-state index contributed by atoms with van der Waals surface area (Å²) < 4.78 is 25.6. The Bertz CT molecular complexity index is 525. The van der Waals surface area contributed by atoms with Crippen LogP contribution in [0.5, 0.6) is 0 Å². The second-order valence-corrected chi connectivity index (χ2v) is 9.96. The van der Waals surface area contributed by atoms with E-state index in [0.717, 1.165) is 5.30 Å². The van der Waals surface area contributed by atoms with E-state index in [1.807, 2.05) is 71.9 Å². The van der Waals surface area contributed by atoms with Crippen LogP contribution >= 0.6 is 7.51 Å². The molecule has 2 atom stereocenters. The van der Waals surface area contributed by atoms with Crippen molar-refractivity contribution in [1.29, 1.82) is 0 Å². The summed E-state index contributed by atoms with van der Waals surface area (Å²) in [6, 6.07) is 9.83. The Morgan fingerprint density at radius 3 is 1.57 bits per heavy atom. The van der Waals surface area contributed by atoms with E-state index < -0.39 is 18.7 Å². The van der Waals surface area contributed by atoms with Crippen molar-refractivity contribution in [3.8, 4) is 0 Å². The molecule has 0 amide bonds. The molecule has 2 saturated heterocycles.